The predicted octanol–water partition coefficient (Wildman–Crippen LogP) is 5.58. The Balaban J connectivity index is 1.40. The number of amides is 1. The maximum absolute atomic E-state index is 13.4. The fourth-order valence-electron chi connectivity index (χ4n) is 4.22. The van der Waals surface area contributed by atoms with Crippen molar-refractivity contribution >= 4 is 40.3 Å². The first-order chi connectivity index (χ1) is 15.5. The van der Waals surface area contributed by atoms with Crippen LogP contribution < -0.4 is 0 Å². The van der Waals surface area contributed by atoms with E-state index in [0.717, 1.165) is 35.2 Å². The number of carbonyl (C=O) groups excluding carboxylic acids is 1. The lowest BCUT2D eigenvalue weighted by Crippen LogP contribution is -2.40. The molecule has 1 aliphatic heterocycles. The van der Waals surface area contributed by atoms with Crippen molar-refractivity contribution in [1.82, 2.24) is 19.7 Å². The maximum atomic E-state index is 13.4. The summed E-state index contributed by atoms with van der Waals surface area (Å²) in [6, 6.07) is 12.8. The van der Waals surface area contributed by atoms with Gasteiger partial charge in [-0.1, -0.05) is 30.0 Å². The van der Waals surface area contributed by atoms with E-state index < -0.39 is 0 Å². The van der Waals surface area contributed by atoms with Crippen LogP contribution in [0.25, 0.3) is 5.69 Å². The fourth-order valence-corrected chi connectivity index (χ4v) is 6.86. The van der Waals surface area contributed by atoms with Crippen molar-refractivity contribution in [2.24, 2.45) is 0 Å². The Morgan fingerprint density at radius 2 is 2.00 bits per heavy atom. The summed E-state index contributed by atoms with van der Waals surface area (Å²) in [7, 11) is 0. The number of hydrogen-bond donors (Lipinski definition) is 0. The van der Waals surface area contributed by atoms with Gasteiger partial charge in [-0.05, 0) is 72.8 Å². The number of nitrogens with zero attached hydrogens (tertiary/aromatic N) is 4. The Hall–Kier alpha value is -2.42. The number of aryl methyl sites for hydroxylation is 3. The van der Waals surface area contributed by atoms with E-state index in [1.54, 1.807) is 22.7 Å². The van der Waals surface area contributed by atoms with Crippen LogP contribution in [-0.4, -0.2) is 37.9 Å². The molecule has 0 aliphatic carbocycles. The molecule has 0 bridgehead atoms. The van der Waals surface area contributed by atoms with Gasteiger partial charge in [-0.2, -0.15) is 0 Å². The molecule has 0 unspecified atom stereocenters. The van der Waals surface area contributed by atoms with Crippen LogP contribution in [-0.2, 0) is 11.2 Å². The second-order valence-corrected chi connectivity index (χ2v) is 10.9. The summed E-state index contributed by atoms with van der Waals surface area (Å²) in [5.74, 6) is 1.30. The van der Waals surface area contributed by atoms with Gasteiger partial charge in [-0.15, -0.1) is 32.9 Å². The minimum atomic E-state index is 0.0109. The molecular weight excluding hydrogens is 456 g/mol. The summed E-state index contributed by atoms with van der Waals surface area (Å²) >= 11 is 4.98. The molecule has 1 aliphatic rings. The summed E-state index contributed by atoms with van der Waals surface area (Å²) in [6.45, 7) is 6.87. The van der Waals surface area contributed by atoms with E-state index in [2.05, 4.69) is 75.8 Å². The van der Waals surface area contributed by atoms with Crippen molar-refractivity contribution in [2.45, 2.75) is 38.4 Å². The van der Waals surface area contributed by atoms with Crippen LogP contribution >= 0.6 is 34.4 Å². The Bertz CT molecular complexity index is 1260. The highest BCUT2D eigenvalue weighted by atomic mass is 32.2. The molecule has 0 fully saturated rings. The molecule has 3 aromatic heterocycles. The summed E-state index contributed by atoms with van der Waals surface area (Å²) in [5.41, 5.74) is 4.69. The van der Waals surface area contributed by atoms with E-state index in [1.165, 1.54) is 32.6 Å². The third-order valence-electron chi connectivity index (χ3n) is 5.82. The Morgan fingerprint density at radius 3 is 2.81 bits per heavy atom. The number of aromatic nitrogens is 3. The number of benzene rings is 1. The van der Waals surface area contributed by atoms with Crippen molar-refractivity contribution in [3.8, 4) is 5.69 Å². The Labute approximate surface area is 200 Å². The van der Waals surface area contributed by atoms with Gasteiger partial charge >= 0.3 is 0 Å². The molecule has 1 atom stereocenters. The van der Waals surface area contributed by atoms with Crippen LogP contribution in [0.4, 0.5) is 0 Å². The van der Waals surface area contributed by atoms with Gasteiger partial charge in [0.15, 0.2) is 5.16 Å². The third kappa shape index (κ3) is 3.91. The largest absolute Gasteiger partial charge is 0.330 e. The highest BCUT2D eigenvalue weighted by Crippen LogP contribution is 2.40. The molecule has 0 N–H and O–H groups in total. The van der Waals surface area contributed by atoms with Gasteiger partial charge in [-0.25, -0.2) is 0 Å². The van der Waals surface area contributed by atoms with Gasteiger partial charge in [-0.3, -0.25) is 9.36 Å². The average molecular weight is 481 g/mol. The van der Waals surface area contributed by atoms with Crippen molar-refractivity contribution in [2.75, 3.05) is 12.3 Å². The van der Waals surface area contributed by atoms with Gasteiger partial charge in [0.1, 0.15) is 5.82 Å². The van der Waals surface area contributed by atoms with Crippen LogP contribution in [0.3, 0.4) is 0 Å². The first kappa shape index (κ1) is 21.4. The van der Waals surface area contributed by atoms with Gasteiger partial charge in [0.2, 0.25) is 5.91 Å². The predicted molar refractivity (Wildman–Crippen MR) is 132 cm³/mol. The zero-order chi connectivity index (χ0) is 22.2. The molecule has 1 aromatic carbocycles. The highest BCUT2D eigenvalue weighted by molar-refractivity contribution is 7.99. The van der Waals surface area contributed by atoms with E-state index >= 15 is 0 Å². The zero-order valence-electron chi connectivity index (χ0n) is 18.2. The molecular formula is C24H24N4OS3. The summed E-state index contributed by atoms with van der Waals surface area (Å²) < 4.78 is 2.06. The molecule has 4 heterocycles. The third-order valence-corrected chi connectivity index (χ3v) is 8.66. The highest BCUT2D eigenvalue weighted by Gasteiger charge is 2.33. The lowest BCUT2D eigenvalue weighted by atomic mass is 9.98. The van der Waals surface area contributed by atoms with E-state index in [-0.39, 0.29) is 11.9 Å². The molecule has 164 valence electrons. The molecule has 4 aromatic rings. The van der Waals surface area contributed by atoms with Gasteiger partial charge in [0, 0.05) is 16.3 Å². The minimum absolute atomic E-state index is 0.0109. The Morgan fingerprint density at radius 1 is 1.12 bits per heavy atom. The number of rotatable bonds is 5. The van der Waals surface area contributed by atoms with Crippen LogP contribution in [0.1, 0.15) is 38.3 Å². The van der Waals surface area contributed by atoms with Crippen molar-refractivity contribution in [1.29, 1.82) is 0 Å². The molecule has 1 amide bonds. The standard InChI is InChI=1S/C24H24N4OS3/c1-15-6-7-16(2)19(13-15)28-17(3)25-26-24(28)32-14-22(29)27-10-8-20-18(9-12-31-20)23(27)21-5-4-11-30-21/h4-7,9,11-13,23H,8,10,14H2,1-3H3/t23-/m0/s1. The number of thiophene rings is 2. The lowest BCUT2D eigenvalue weighted by molar-refractivity contribution is -0.130. The molecule has 0 saturated carbocycles. The maximum Gasteiger partial charge on any atom is 0.233 e. The SMILES string of the molecule is Cc1ccc(C)c(-n2c(C)nnc2SCC(=O)N2CCc3sccc3[C@H]2c2cccs2)c1. The molecule has 0 spiro atoms. The number of hydrogen-bond acceptors (Lipinski definition) is 6. The van der Waals surface area contributed by atoms with E-state index in [4.69, 9.17) is 0 Å². The summed E-state index contributed by atoms with van der Waals surface area (Å²) in [4.78, 5) is 18.1. The van der Waals surface area contributed by atoms with Gasteiger partial charge in [0.25, 0.3) is 0 Å². The molecule has 8 heteroatoms. The van der Waals surface area contributed by atoms with E-state index in [1.807, 2.05) is 11.8 Å². The monoisotopic (exact) mass is 480 g/mol. The average Bonchev–Trinajstić information content (AvgIpc) is 3.54. The quantitative estimate of drug-likeness (QED) is 0.350. The number of carbonyl (C=O) groups is 1. The zero-order valence-corrected chi connectivity index (χ0v) is 20.7. The first-order valence-electron chi connectivity index (χ1n) is 10.5. The molecule has 0 saturated heterocycles. The molecule has 0 radical (unpaired) electrons. The fraction of sp³-hybridized carbons (Fsp3) is 0.292. The van der Waals surface area contributed by atoms with Gasteiger partial charge < -0.3 is 4.90 Å². The van der Waals surface area contributed by atoms with Crippen molar-refractivity contribution in [3.05, 3.63) is 79.4 Å². The van der Waals surface area contributed by atoms with Gasteiger partial charge in [0.05, 0.1) is 17.5 Å². The molecule has 5 nitrogen and oxygen atoms in total. The topological polar surface area (TPSA) is 51.0 Å². The van der Waals surface area contributed by atoms with E-state index in [9.17, 15) is 4.79 Å². The van der Waals surface area contributed by atoms with Crippen LogP contribution in [0.5, 0.6) is 0 Å². The normalized spacial score (nSPS) is 15.7. The molecule has 32 heavy (non-hydrogen) atoms. The van der Waals surface area contributed by atoms with Crippen LogP contribution in [0.2, 0.25) is 0 Å². The molecule has 5 rings (SSSR count). The van der Waals surface area contributed by atoms with Crippen molar-refractivity contribution < 1.29 is 4.79 Å². The lowest BCUT2D eigenvalue weighted by Gasteiger charge is -2.35. The number of thioether (sulfide) groups is 1. The minimum Gasteiger partial charge on any atom is -0.330 e. The summed E-state index contributed by atoms with van der Waals surface area (Å²) in [6.07, 6.45) is 0.920. The van der Waals surface area contributed by atoms with Crippen molar-refractivity contribution in [3.63, 3.8) is 0 Å². The van der Waals surface area contributed by atoms with E-state index in [0.29, 0.717) is 5.75 Å². The second-order valence-electron chi connectivity index (χ2n) is 8.00. The summed E-state index contributed by atoms with van der Waals surface area (Å²) in [5, 5.41) is 13.7. The number of fused-ring (bicyclic) bond motifs is 1. The van der Waals surface area contributed by atoms with Crippen LogP contribution in [0.15, 0.2) is 52.3 Å². The first-order valence-corrected chi connectivity index (χ1v) is 13.3. The Kier molecular flexibility index (Phi) is 5.92. The van der Waals surface area contributed by atoms with Crippen LogP contribution in [0, 0.1) is 20.8 Å². The smallest absolute Gasteiger partial charge is 0.233 e. The second kappa shape index (κ2) is 8.84.